The molecule has 0 radical (unpaired) electrons. The Balaban J connectivity index is 2.41. The molecule has 1 N–H and O–H groups in total. The van der Waals surface area contributed by atoms with Gasteiger partial charge in [-0.3, -0.25) is 0 Å². The summed E-state index contributed by atoms with van der Waals surface area (Å²) in [5.74, 6) is -0.277. The number of rotatable bonds is 4. The van der Waals surface area contributed by atoms with Crippen LogP contribution in [0.5, 0.6) is 0 Å². The number of halogens is 2. The van der Waals surface area contributed by atoms with Gasteiger partial charge >= 0.3 is 0 Å². The fourth-order valence-corrected chi connectivity index (χ4v) is 2.31. The summed E-state index contributed by atoms with van der Waals surface area (Å²) >= 11 is 6.01. The highest BCUT2D eigenvalue weighted by Gasteiger charge is 2.46. The molecule has 2 rings (SSSR count). The van der Waals surface area contributed by atoms with Crippen LogP contribution in [0.2, 0.25) is 5.02 Å². The minimum atomic E-state index is -1.16. The first-order valence-electron chi connectivity index (χ1n) is 5.25. The van der Waals surface area contributed by atoms with Gasteiger partial charge in [0.1, 0.15) is 11.4 Å². The molecule has 0 aliphatic heterocycles. The van der Waals surface area contributed by atoms with E-state index >= 15 is 0 Å². The van der Waals surface area contributed by atoms with Gasteiger partial charge in [0, 0.05) is 17.7 Å². The van der Waals surface area contributed by atoms with Crippen molar-refractivity contribution in [3.63, 3.8) is 0 Å². The van der Waals surface area contributed by atoms with Gasteiger partial charge in [-0.25, -0.2) is 4.39 Å². The zero-order valence-corrected chi connectivity index (χ0v) is 9.80. The summed E-state index contributed by atoms with van der Waals surface area (Å²) in [4.78, 5) is 0. The molecule has 1 aliphatic rings. The van der Waals surface area contributed by atoms with Crippen LogP contribution in [0.1, 0.15) is 18.4 Å². The quantitative estimate of drug-likeness (QED) is 0.883. The van der Waals surface area contributed by atoms with Gasteiger partial charge in [-0.05, 0) is 37.0 Å². The maximum absolute atomic E-state index is 13.2. The second-order valence-corrected chi connectivity index (χ2v) is 4.66. The molecule has 0 aromatic heterocycles. The summed E-state index contributed by atoms with van der Waals surface area (Å²) in [5.41, 5.74) is -0.730. The zero-order chi connectivity index (χ0) is 11.8. The second kappa shape index (κ2) is 4.32. The lowest BCUT2D eigenvalue weighted by atomic mass is 9.89. The van der Waals surface area contributed by atoms with Crippen molar-refractivity contribution in [1.82, 2.24) is 0 Å². The van der Waals surface area contributed by atoms with E-state index in [2.05, 4.69) is 0 Å². The molecule has 0 saturated heterocycles. The first-order valence-corrected chi connectivity index (χ1v) is 5.62. The number of ether oxygens (including phenoxy) is 1. The minimum absolute atomic E-state index is 0.117. The Hall–Kier alpha value is -0.640. The molecule has 1 aliphatic carbocycles. The van der Waals surface area contributed by atoms with E-state index in [4.69, 9.17) is 16.3 Å². The SMILES string of the molecule is COCC(O)(c1cc(F)ccc1Cl)C1CC1. The predicted octanol–water partition coefficient (Wildman–Crippen LogP) is 2.72. The van der Waals surface area contributed by atoms with Crippen molar-refractivity contribution in [3.8, 4) is 0 Å². The van der Waals surface area contributed by atoms with Crippen molar-refractivity contribution >= 4 is 11.6 Å². The standard InChI is InChI=1S/C12H14ClFO2/c1-16-7-12(15,8-2-3-8)10-6-9(14)4-5-11(10)13/h4-6,8,15H,2-3,7H2,1H3. The van der Waals surface area contributed by atoms with Gasteiger partial charge in [0.05, 0.1) is 6.61 Å². The zero-order valence-electron chi connectivity index (χ0n) is 9.04. The van der Waals surface area contributed by atoms with Gasteiger partial charge in [0.25, 0.3) is 0 Å². The third kappa shape index (κ3) is 2.08. The summed E-state index contributed by atoms with van der Waals surface area (Å²) in [5, 5.41) is 10.9. The lowest BCUT2D eigenvalue weighted by Gasteiger charge is -2.28. The average molecular weight is 245 g/mol. The van der Waals surface area contributed by atoms with E-state index in [1.54, 1.807) is 0 Å². The molecule has 0 bridgehead atoms. The van der Waals surface area contributed by atoms with Crippen LogP contribution >= 0.6 is 11.6 Å². The van der Waals surface area contributed by atoms with Gasteiger partial charge in [-0.2, -0.15) is 0 Å². The van der Waals surface area contributed by atoms with Crippen LogP contribution in [0.15, 0.2) is 18.2 Å². The van der Waals surface area contributed by atoms with E-state index < -0.39 is 11.4 Å². The van der Waals surface area contributed by atoms with Crippen molar-refractivity contribution in [2.24, 2.45) is 5.92 Å². The largest absolute Gasteiger partial charge is 0.382 e. The molecule has 1 saturated carbocycles. The minimum Gasteiger partial charge on any atom is -0.382 e. The highest BCUT2D eigenvalue weighted by atomic mass is 35.5. The Kier molecular flexibility index (Phi) is 3.19. The molecule has 0 heterocycles. The van der Waals surface area contributed by atoms with Crippen LogP contribution in [-0.2, 0) is 10.3 Å². The summed E-state index contributed by atoms with van der Waals surface area (Å²) in [6, 6.07) is 4.04. The van der Waals surface area contributed by atoms with E-state index in [1.165, 1.54) is 25.3 Å². The van der Waals surface area contributed by atoms with Gasteiger partial charge in [0.2, 0.25) is 0 Å². The highest BCUT2D eigenvalue weighted by Crippen LogP contribution is 2.47. The number of methoxy groups -OCH3 is 1. The average Bonchev–Trinajstić information content (AvgIpc) is 3.05. The van der Waals surface area contributed by atoms with Gasteiger partial charge in [-0.15, -0.1) is 0 Å². The molecule has 1 atom stereocenters. The number of hydrogen-bond acceptors (Lipinski definition) is 2. The molecule has 4 heteroatoms. The summed E-state index contributed by atoms with van der Waals surface area (Å²) < 4.78 is 18.2. The maximum atomic E-state index is 13.2. The van der Waals surface area contributed by atoms with E-state index in [0.29, 0.717) is 10.6 Å². The van der Waals surface area contributed by atoms with Crippen LogP contribution in [0.4, 0.5) is 4.39 Å². The van der Waals surface area contributed by atoms with Gasteiger partial charge in [0.15, 0.2) is 0 Å². The molecule has 0 amide bonds. The monoisotopic (exact) mass is 244 g/mol. The molecule has 1 unspecified atom stereocenters. The van der Waals surface area contributed by atoms with Gasteiger partial charge in [-0.1, -0.05) is 11.6 Å². The van der Waals surface area contributed by atoms with Crippen LogP contribution in [0, 0.1) is 11.7 Å². The predicted molar refractivity (Wildman–Crippen MR) is 59.9 cm³/mol. The van der Waals surface area contributed by atoms with Crippen LogP contribution in [0.3, 0.4) is 0 Å². The van der Waals surface area contributed by atoms with Crippen molar-refractivity contribution in [3.05, 3.63) is 34.6 Å². The number of hydrogen-bond donors (Lipinski definition) is 1. The first kappa shape index (κ1) is 11.8. The van der Waals surface area contributed by atoms with E-state index in [0.717, 1.165) is 12.8 Å². The van der Waals surface area contributed by atoms with Crippen molar-refractivity contribution in [2.75, 3.05) is 13.7 Å². The third-order valence-corrected chi connectivity index (χ3v) is 3.34. The normalized spacial score (nSPS) is 19.5. The Morgan fingerprint density at radius 3 is 2.81 bits per heavy atom. The summed E-state index contributed by atoms with van der Waals surface area (Å²) in [7, 11) is 1.51. The molecule has 1 aromatic carbocycles. The van der Waals surface area contributed by atoms with Crippen LogP contribution in [0.25, 0.3) is 0 Å². The van der Waals surface area contributed by atoms with Crippen LogP contribution in [-0.4, -0.2) is 18.8 Å². The van der Waals surface area contributed by atoms with E-state index in [-0.39, 0.29) is 12.5 Å². The molecule has 1 fully saturated rings. The fourth-order valence-electron chi connectivity index (χ4n) is 2.03. The smallest absolute Gasteiger partial charge is 0.123 e. The van der Waals surface area contributed by atoms with E-state index in [9.17, 15) is 9.50 Å². The first-order chi connectivity index (χ1) is 7.58. The van der Waals surface area contributed by atoms with Crippen molar-refractivity contribution in [2.45, 2.75) is 18.4 Å². The summed E-state index contributed by atoms with van der Waals surface area (Å²) in [6.07, 6.45) is 1.85. The molecule has 2 nitrogen and oxygen atoms in total. The Labute approximate surface area is 99.0 Å². The van der Waals surface area contributed by atoms with Crippen molar-refractivity contribution in [1.29, 1.82) is 0 Å². The summed E-state index contributed by atoms with van der Waals surface area (Å²) in [6.45, 7) is 0.140. The molecular formula is C12H14ClFO2. The molecule has 88 valence electrons. The lowest BCUT2D eigenvalue weighted by molar-refractivity contribution is -0.0533. The fraction of sp³-hybridized carbons (Fsp3) is 0.500. The molecule has 16 heavy (non-hydrogen) atoms. The number of benzene rings is 1. The highest BCUT2D eigenvalue weighted by molar-refractivity contribution is 6.31. The topological polar surface area (TPSA) is 29.5 Å². The molecule has 1 aromatic rings. The van der Waals surface area contributed by atoms with Gasteiger partial charge < -0.3 is 9.84 Å². The van der Waals surface area contributed by atoms with Crippen LogP contribution < -0.4 is 0 Å². The molecule has 0 spiro atoms. The third-order valence-electron chi connectivity index (χ3n) is 3.01. The maximum Gasteiger partial charge on any atom is 0.123 e. The lowest BCUT2D eigenvalue weighted by Crippen LogP contribution is -2.34. The second-order valence-electron chi connectivity index (χ2n) is 4.26. The molecular weight excluding hydrogens is 231 g/mol. The Morgan fingerprint density at radius 2 is 2.25 bits per heavy atom. The Bertz CT molecular complexity index is 393. The van der Waals surface area contributed by atoms with E-state index in [1.807, 2.05) is 0 Å². The number of aliphatic hydroxyl groups is 1. The van der Waals surface area contributed by atoms with Crippen molar-refractivity contribution < 1.29 is 14.2 Å². The Morgan fingerprint density at radius 1 is 1.56 bits per heavy atom.